The molecule has 3 heteroatoms. The zero-order chi connectivity index (χ0) is 9.97. The lowest BCUT2D eigenvalue weighted by molar-refractivity contribution is 0.432. The molecule has 0 bridgehead atoms. The minimum absolute atomic E-state index is 0.350. The van der Waals surface area contributed by atoms with Crippen molar-refractivity contribution in [2.75, 3.05) is 13.1 Å². The quantitative estimate of drug-likeness (QED) is 0.645. The molecule has 1 aromatic rings. The Morgan fingerprint density at radius 1 is 1.43 bits per heavy atom. The fourth-order valence-corrected chi connectivity index (χ4v) is 1.32. The van der Waals surface area contributed by atoms with E-state index in [2.05, 4.69) is 17.2 Å². The van der Waals surface area contributed by atoms with Crippen LogP contribution >= 0.6 is 11.6 Å². The van der Waals surface area contributed by atoms with Crippen molar-refractivity contribution < 1.29 is 4.39 Å². The minimum atomic E-state index is -0.350. The molecule has 0 radical (unpaired) electrons. The fraction of sp³-hybridized carbons (Fsp3) is 0.273. The first kappa shape index (κ1) is 9.51. The summed E-state index contributed by atoms with van der Waals surface area (Å²) in [5.74, 6) is 5.83. The van der Waals surface area contributed by atoms with Crippen LogP contribution in [0, 0.1) is 23.6 Å². The lowest BCUT2D eigenvalue weighted by Gasteiger charge is -2.21. The van der Waals surface area contributed by atoms with E-state index < -0.39 is 0 Å². The maximum absolute atomic E-state index is 13.2. The van der Waals surface area contributed by atoms with Gasteiger partial charge in [0, 0.05) is 24.0 Å². The van der Waals surface area contributed by atoms with Crippen LogP contribution in [0.25, 0.3) is 0 Å². The maximum Gasteiger partial charge on any atom is 0.140 e. The second-order valence-electron chi connectivity index (χ2n) is 3.25. The van der Waals surface area contributed by atoms with Gasteiger partial charge < -0.3 is 5.32 Å². The fourth-order valence-electron chi connectivity index (χ4n) is 1.16. The first-order chi connectivity index (χ1) is 6.75. The molecule has 1 aromatic carbocycles. The van der Waals surface area contributed by atoms with Gasteiger partial charge in [0.05, 0.1) is 5.56 Å². The van der Waals surface area contributed by atoms with Crippen molar-refractivity contribution in [1.82, 2.24) is 5.32 Å². The minimum Gasteiger partial charge on any atom is -0.314 e. The van der Waals surface area contributed by atoms with Crippen LogP contribution in [0.3, 0.4) is 0 Å². The largest absolute Gasteiger partial charge is 0.314 e. The van der Waals surface area contributed by atoms with E-state index in [0.29, 0.717) is 16.5 Å². The van der Waals surface area contributed by atoms with Crippen LogP contribution in [-0.4, -0.2) is 13.1 Å². The van der Waals surface area contributed by atoms with Gasteiger partial charge in [-0.25, -0.2) is 4.39 Å². The Kier molecular flexibility index (Phi) is 2.72. The Labute approximate surface area is 87.3 Å². The van der Waals surface area contributed by atoms with Crippen LogP contribution in [-0.2, 0) is 0 Å². The van der Waals surface area contributed by atoms with Crippen molar-refractivity contribution in [3.8, 4) is 11.8 Å². The molecule has 1 fully saturated rings. The normalized spacial score (nSPS) is 15.6. The Morgan fingerprint density at radius 3 is 2.79 bits per heavy atom. The van der Waals surface area contributed by atoms with Crippen molar-refractivity contribution in [3.05, 3.63) is 34.6 Å². The lowest BCUT2D eigenvalue weighted by Crippen LogP contribution is -2.40. The first-order valence-corrected chi connectivity index (χ1v) is 4.81. The number of hydrogen-bond acceptors (Lipinski definition) is 1. The number of benzene rings is 1. The van der Waals surface area contributed by atoms with Crippen LogP contribution in [0.2, 0.25) is 5.02 Å². The van der Waals surface area contributed by atoms with Crippen molar-refractivity contribution in [2.45, 2.75) is 0 Å². The van der Waals surface area contributed by atoms with E-state index in [0.717, 1.165) is 13.1 Å². The van der Waals surface area contributed by atoms with E-state index in [1.165, 1.54) is 6.07 Å². The third kappa shape index (κ3) is 2.06. The molecule has 0 saturated carbocycles. The SMILES string of the molecule is Fc1cc(Cl)ccc1C#CC1CNC1. The van der Waals surface area contributed by atoms with Gasteiger partial charge in [-0.05, 0) is 18.2 Å². The summed E-state index contributed by atoms with van der Waals surface area (Å²) in [6, 6.07) is 4.54. The summed E-state index contributed by atoms with van der Waals surface area (Å²) in [6.45, 7) is 1.81. The second-order valence-corrected chi connectivity index (χ2v) is 3.69. The number of hydrogen-bond donors (Lipinski definition) is 1. The monoisotopic (exact) mass is 209 g/mol. The highest BCUT2D eigenvalue weighted by atomic mass is 35.5. The second kappa shape index (κ2) is 4.00. The molecular weight excluding hydrogens is 201 g/mol. The van der Waals surface area contributed by atoms with Crippen LogP contribution in [0.4, 0.5) is 4.39 Å². The molecule has 1 aliphatic heterocycles. The van der Waals surface area contributed by atoms with Gasteiger partial charge in [0.2, 0.25) is 0 Å². The van der Waals surface area contributed by atoms with Crippen LogP contribution in [0.5, 0.6) is 0 Å². The number of nitrogens with one attached hydrogen (secondary N) is 1. The Morgan fingerprint density at radius 2 is 2.21 bits per heavy atom. The highest BCUT2D eigenvalue weighted by Gasteiger charge is 2.12. The molecular formula is C11H9ClFN. The number of rotatable bonds is 0. The molecule has 1 heterocycles. The van der Waals surface area contributed by atoms with Crippen molar-refractivity contribution in [2.24, 2.45) is 5.92 Å². The molecule has 0 aromatic heterocycles. The van der Waals surface area contributed by atoms with Crippen molar-refractivity contribution in [1.29, 1.82) is 0 Å². The van der Waals surface area contributed by atoms with Crippen molar-refractivity contribution >= 4 is 11.6 Å². The highest BCUT2D eigenvalue weighted by Crippen LogP contribution is 2.13. The van der Waals surface area contributed by atoms with Crippen molar-refractivity contribution in [3.63, 3.8) is 0 Å². The average molecular weight is 210 g/mol. The zero-order valence-corrected chi connectivity index (χ0v) is 8.24. The molecule has 1 aliphatic rings. The molecule has 0 aliphatic carbocycles. The van der Waals surface area contributed by atoms with E-state index in [9.17, 15) is 4.39 Å². The maximum atomic E-state index is 13.2. The molecule has 72 valence electrons. The summed E-state index contributed by atoms with van der Waals surface area (Å²) >= 11 is 5.62. The van der Waals surface area contributed by atoms with E-state index in [1.54, 1.807) is 12.1 Å². The topological polar surface area (TPSA) is 12.0 Å². The van der Waals surface area contributed by atoms with Crippen LogP contribution in [0.15, 0.2) is 18.2 Å². The standard InChI is InChI=1S/C11H9ClFN/c12-10-4-3-9(11(13)5-10)2-1-8-6-14-7-8/h3-5,8,14H,6-7H2. The number of halogens is 2. The summed E-state index contributed by atoms with van der Waals surface area (Å²) in [6.07, 6.45) is 0. The summed E-state index contributed by atoms with van der Waals surface area (Å²) in [5, 5.41) is 3.51. The van der Waals surface area contributed by atoms with E-state index >= 15 is 0 Å². The Bertz CT molecular complexity index is 401. The van der Waals surface area contributed by atoms with Gasteiger partial charge in [0.25, 0.3) is 0 Å². The molecule has 0 amide bonds. The molecule has 0 spiro atoms. The molecule has 0 atom stereocenters. The highest BCUT2D eigenvalue weighted by molar-refractivity contribution is 6.30. The molecule has 14 heavy (non-hydrogen) atoms. The first-order valence-electron chi connectivity index (χ1n) is 4.43. The molecule has 2 rings (SSSR count). The van der Waals surface area contributed by atoms with E-state index in [1.807, 2.05) is 0 Å². The van der Waals surface area contributed by atoms with Gasteiger partial charge in [0.1, 0.15) is 5.82 Å². The molecule has 1 N–H and O–H groups in total. The van der Waals surface area contributed by atoms with Gasteiger partial charge in [-0.15, -0.1) is 0 Å². The predicted octanol–water partition coefficient (Wildman–Crippen LogP) is 2.05. The summed E-state index contributed by atoms with van der Waals surface area (Å²) in [5.41, 5.74) is 0.418. The van der Waals surface area contributed by atoms with Crippen LogP contribution < -0.4 is 5.32 Å². The van der Waals surface area contributed by atoms with Gasteiger partial charge in [-0.3, -0.25) is 0 Å². The predicted molar refractivity (Wildman–Crippen MR) is 54.6 cm³/mol. The summed E-state index contributed by atoms with van der Waals surface area (Å²) < 4.78 is 13.2. The third-order valence-electron chi connectivity index (χ3n) is 2.12. The molecule has 1 nitrogen and oxygen atoms in total. The smallest absolute Gasteiger partial charge is 0.140 e. The van der Waals surface area contributed by atoms with E-state index in [-0.39, 0.29) is 5.82 Å². The zero-order valence-electron chi connectivity index (χ0n) is 7.48. The van der Waals surface area contributed by atoms with E-state index in [4.69, 9.17) is 11.6 Å². The Hall–Kier alpha value is -1.04. The van der Waals surface area contributed by atoms with Gasteiger partial charge in [-0.2, -0.15) is 0 Å². The average Bonchev–Trinajstić information content (AvgIpc) is 2.05. The Balaban J connectivity index is 2.18. The van der Waals surface area contributed by atoms with Gasteiger partial charge in [0.15, 0.2) is 0 Å². The van der Waals surface area contributed by atoms with Crippen LogP contribution in [0.1, 0.15) is 5.56 Å². The molecule has 0 unspecified atom stereocenters. The lowest BCUT2D eigenvalue weighted by atomic mass is 10.0. The summed E-state index contributed by atoms with van der Waals surface area (Å²) in [7, 11) is 0. The molecule has 1 saturated heterocycles. The summed E-state index contributed by atoms with van der Waals surface area (Å²) in [4.78, 5) is 0. The third-order valence-corrected chi connectivity index (χ3v) is 2.36. The van der Waals surface area contributed by atoms with Gasteiger partial charge >= 0.3 is 0 Å². The van der Waals surface area contributed by atoms with Gasteiger partial charge in [-0.1, -0.05) is 23.4 Å².